The van der Waals surface area contributed by atoms with Gasteiger partial charge in [0.15, 0.2) is 0 Å². The van der Waals surface area contributed by atoms with Crippen molar-refractivity contribution < 1.29 is 4.39 Å². The Labute approximate surface area is 105 Å². The SMILES string of the molecule is CNc1cccc(N2CCc3ccc(F)cc32)n1. The lowest BCUT2D eigenvalue weighted by atomic mass is 10.2. The Balaban J connectivity index is 2.02. The predicted molar refractivity (Wildman–Crippen MR) is 70.9 cm³/mol. The minimum atomic E-state index is -0.203. The molecule has 0 fully saturated rings. The summed E-state index contributed by atoms with van der Waals surface area (Å²) in [7, 11) is 1.84. The Hall–Kier alpha value is -2.10. The van der Waals surface area contributed by atoms with E-state index in [0.717, 1.165) is 30.3 Å². The molecule has 0 unspecified atom stereocenters. The predicted octanol–water partition coefficient (Wildman–Crippen LogP) is 2.96. The summed E-state index contributed by atoms with van der Waals surface area (Å²) in [5.41, 5.74) is 2.10. The van der Waals surface area contributed by atoms with E-state index >= 15 is 0 Å². The molecule has 0 radical (unpaired) electrons. The van der Waals surface area contributed by atoms with Crippen LogP contribution in [0.1, 0.15) is 5.56 Å². The zero-order valence-corrected chi connectivity index (χ0v) is 10.2. The number of halogens is 1. The molecule has 18 heavy (non-hydrogen) atoms. The molecule has 0 aliphatic carbocycles. The first-order valence-electron chi connectivity index (χ1n) is 5.99. The summed E-state index contributed by atoms with van der Waals surface area (Å²) in [5, 5.41) is 3.01. The summed E-state index contributed by atoms with van der Waals surface area (Å²) >= 11 is 0. The average molecular weight is 243 g/mol. The first-order chi connectivity index (χ1) is 8.78. The zero-order chi connectivity index (χ0) is 12.5. The number of nitrogens with one attached hydrogen (secondary N) is 1. The molecule has 3 nitrogen and oxygen atoms in total. The van der Waals surface area contributed by atoms with Crippen molar-refractivity contribution in [3.05, 3.63) is 47.8 Å². The Morgan fingerprint density at radius 2 is 2.17 bits per heavy atom. The standard InChI is InChI=1S/C14H14FN3/c1-16-13-3-2-4-14(17-13)18-8-7-10-5-6-11(15)9-12(10)18/h2-6,9H,7-8H2,1H3,(H,16,17). The number of hydrogen-bond donors (Lipinski definition) is 1. The molecule has 3 rings (SSSR count). The van der Waals surface area contributed by atoms with Crippen molar-refractivity contribution in [3.63, 3.8) is 0 Å². The fourth-order valence-corrected chi connectivity index (χ4v) is 2.30. The van der Waals surface area contributed by atoms with Crippen LogP contribution in [0.15, 0.2) is 36.4 Å². The normalized spacial score (nSPS) is 13.6. The molecule has 0 saturated carbocycles. The Morgan fingerprint density at radius 1 is 1.28 bits per heavy atom. The number of benzene rings is 1. The van der Waals surface area contributed by atoms with Gasteiger partial charge in [0.2, 0.25) is 0 Å². The van der Waals surface area contributed by atoms with Crippen LogP contribution in [0.5, 0.6) is 0 Å². The zero-order valence-electron chi connectivity index (χ0n) is 10.2. The fraction of sp³-hybridized carbons (Fsp3) is 0.214. The maximum absolute atomic E-state index is 13.3. The highest BCUT2D eigenvalue weighted by atomic mass is 19.1. The lowest BCUT2D eigenvalue weighted by Crippen LogP contribution is -2.15. The highest BCUT2D eigenvalue weighted by Gasteiger charge is 2.21. The maximum Gasteiger partial charge on any atom is 0.135 e. The van der Waals surface area contributed by atoms with E-state index in [4.69, 9.17) is 0 Å². The van der Waals surface area contributed by atoms with Gasteiger partial charge in [0.25, 0.3) is 0 Å². The summed E-state index contributed by atoms with van der Waals surface area (Å²) in [5.74, 6) is 1.47. The smallest absolute Gasteiger partial charge is 0.135 e. The van der Waals surface area contributed by atoms with E-state index in [1.807, 2.05) is 31.3 Å². The van der Waals surface area contributed by atoms with E-state index in [0.29, 0.717) is 0 Å². The van der Waals surface area contributed by atoms with Gasteiger partial charge in [-0.15, -0.1) is 0 Å². The molecular formula is C14H14FN3. The average Bonchev–Trinajstić information content (AvgIpc) is 2.81. The molecule has 1 aromatic carbocycles. The Bertz CT molecular complexity index is 583. The van der Waals surface area contributed by atoms with Crippen molar-refractivity contribution >= 4 is 17.3 Å². The van der Waals surface area contributed by atoms with Crippen LogP contribution in [0.25, 0.3) is 0 Å². The summed E-state index contributed by atoms with van der Waals surface area (Å²) in [6.45, 7) is 0.846. The van der Waals surface area contributed by atoms with Gasteiger partial charge < -0.3 is 10.2 Å². The first kappa shape index (κ1) is 11.0. The Kier molecular flexibility index (Phi) is 2.63. The van der Waals surface area contributed by atoms with Gasteiger partial charge in [0.05, 0.1) is 0 Å². The highest BCUT2D eigenvalue weighted by Crippen LogP contribution is 2.34. The minimum absolute atomic E-state index is 0.203. The second-order valence-corrected chi connectivity index (χ2v) is 4.31. The van der Waals surface area contributed by atoms with Gasteiger partial charge in [-0.25, -0.2) is 9.37 Å². The number of rotatable bonds is 2. The molecule has 0 spiro atoms. The third-order valence-electron chi connectivity index (χ3n) is 3.21. The molecule has 2 aromatic rings. The number of nitrogens with zero attached hydrogens (tertiary/aromatic N) is 2. The van der Waals surface area contributed by atoms with Crippen LogP contribution in [0, 0.1) is 5.82 Å². The van der Waals surface area contributed by atoms with Crippen molar-refractivity contribution in [2.24, 2.45) is 0 Å². The summed E-state index contributed by atoms with van der Waals surface area (Å²) in [4.78, 5) is 6.55. The second kappa shape index (κ2) is 4.29. The van der Waals surface area contributed by atoms with E-state index in [1.54, 1.807) is 6.07 Å². The van der Waals surface area contributed by atoms with E-state index in [2.05, 4.69) is 15.2 Å². The molecule has 1 aliphatic heterocycles. The molecule has 0 atom stereocenters. The summed E-state index contributed by atoms with van der Waals surface area (Å²) in [6, 6.07) is 10.8. The van der Waals surface area contributed by atoms with Crippen molar-refractivity contribution in [1.29, 1.82) is 0 Å². The van der Waals surface area contributed by atoms with Crippen LogP contribution in [0.3, 0.4) is 0 Å². The fourth-order valence-electron chi connectivity index (χ4n) is 2.30. The highest BCUT2D eigenvalue weighted by molar-refractivity contribution is 5.68. The van der Waals surface area contributed by atoms with E-state index < -0.39 is 0 Å². The maximum atomic E-state index is 13.3. The second-order valence-electron chi connectivity index (χ2n) is 4.31. The largest absolute Gasteiger partial charge is 0.373 e. The number of anilines is 3. The van der Waals surface area contributed by atoms with Crippen LogP contribution in [-0.4, -0.2) is 18.6 Å². The summed E-state index contributed by atoms with van der Waals surface area (Å²) < 4.78 is 13.3. The van der Waals surface area contributed by atoms with Crippen LogP contribution in [0.2, 0.25) is 0 Å². The van der Waals surface area contributed by atoms with Gasteiger partial charge in [-0.2, -0.15) is 0 Å². The molecular weight excluding hydrogens is 229 g/mol. The van der Waals surface area contributed by atoms with E-state index in [-0.39, 0.29) is 5.82 Å². The number of aromatic nitrogens is 1. The van der Waals surface area contributed by atoms with Crippen LogP contribution in [-0.2, 0) is 6.42 Å². The molecule has 1 aromatic heterocycles. The molecule has 2 heterocycles. The first-order valence-corrected chi connectivity index (χ1v) is 5.99. The molecule has 1 aliphatic rings. The van der Waals surface area contributed by atoms with E-state index in [1.165, 1.54) is 11.6 Å². The topological polar surface area (TPSA) is 28.2 Å². The molecule has 0 saturated heterocycles. The van der Waals surface area contributed by atoms with Gasteiger partial charge in [-0.1, -0.05) is 12.1 Å². The van der Waals surface area contributed by atoms with Crippen molar-refractivity contribution in [2.75, 3.05) is 23.8 Å². The third kappa shape index (κ3) is 1.79. The van der Waals surface area contributed by atoms with Crippen LogP contribution in [0.4, 0.5) is 21.7 Å². The van der Waals surface area contributed by atoms with Crippen molar-refractivity contribution in [1.82, 2.24) is 4.98 Å². The number of pyridine rings is 1. The molecule has 4 heteroatoms. The van der Waals surface area contributed by atoms with E-state index in [9.17, 15) is 4.39 Å². The summed E-state index contributed by atoms with van der Waals surface area (Å²) in [6.07, 6.45) is 0.932. The number of fused-ring (bicyclic) bond motifs is 1. The monoisotopic (exact) mass is 243 g/mol. The van der Waals surface area contributed by atoms with Crippen LogP contribution >= 0.6 is 0 Å². The van der Waals surface area contributed by atoms with Gasteiger partial charge in [0, 0.05) is 19.3 Å². The number of hydrogen-bond acceptors (Lipinski definition) is 3. The van der Waals surface area contributed by atoms with Crippen LogP contribution < -0.4 is 10.2 Å². The van der Waals surface area contributed by atoms with Gasteiger partial charge in [-0.05, 0) is 36.2 Å². The quantitative estimate of drug-likeness (QED) is 0.879. The lowest BCUT2D eigenvalue weighted by Gasteiger charge is -2.18. The molecule has 1 N–H and O–H groups in total. The van der Waals surface area contributed by atoms with Crippen molar-refractivity contribution in [3.8, 4) is 0 Å². The minimum Gasteiger partial charge on any atom is -0.373 e. The van der Waals surface area contributed by atoms with Gasteiger partial charge in [-0.3, -0.25) is 0 Å². The third-order valence-corrected chi connectivity index (χ3v) is 3.21. The molecule has 0 amide bonds. The molecule has 0 bridgehead atoms. The Morgan fingerprint density at radius 3 is 3.00 bits per heavy atom. The van der Waals surface area contributed by atoms with Gasteiger partial charge in [0.1, 0.15) is 17.5 Å². The lowest BCUT2D eigenvalue weighted by molar-refractivity contribution is 0.628. The van der Waals surface area contributed by atoms with Crippen molar-refractivity contribution in [2.45, 2.75) is 6.42 Å². The van der Waals surface area contributed by atoms with Gasteiger partial charge >= 0.3 is 0 Å². The molecule has 92 valence electrons.